The second-order valence-corrected chi connectivity index (χ2v) is 8.36. The minimum Gasteiger partial charge on any atom is -0.341 e. The van der Waals surface area contributed by atoms with E-state index in [0.717, 1.165) is 51.9 Å². The van der Waals surface area contributed by atoms with Gasteiger partial charge in [0.2, 0.25) is 5.91 Å². The Balaban J connectivity index is 1.41. The van der Waals surface area contributed by atoms with E-state index in [0.29, 0.717) is 30.5 Å². The first-order valence-electron chi connectivity index (χ1n) is 10.7. The Morgan fingerprint density at radius 2 is 1.43 bits per heavy atom. The van der Waals surface area contributed by atoms with Gasteiger partial charge in [0.25, 0.3) is 5.91 Å². The topological polar surface area (TPSA) is 43.9 Å². The number of carbonyl (C=O) groups excluding carboxylic acids is 2. The van der Waals surface area contributed by atoms with E-state index in [1.54, 1.807) is 12.1 Å². The van der Waals surface area contributed by atoms with E-state index in [4.69, 9.17) is 0 Å². The number of likely N-dealkylation sites (tertiary alicyclic amines) is 1. The van der Waals surface area contributed by atoms with Crippen LogP contribution in [0.3, 0.4) is 0 Å². The van der Waals surface area contributed by atoms with Crippen LogP contribution in [0.1, 0.15) is 48.9 Å². The predicted molar refractivity (Wildman–Crippen MR) is 105 cm³/mol. The van der Waals surface area contributed by atoms with Crippen molar-refractivity contribution in [1.82, 2.24) is 14.7 Å². The van der Waals surface area contributed by atoms with Gasteiger partial charge in [-0.25, -0.2) is 4.39 Å². The molecule has 2 amide bonds. The fourth-order valence-corrected chi connectivity index (χ4v) is 5.03. The molecule has 2 saturated heterocycles. The lowest BCUT2D eigenvalue weighted by Gasteiger charge is -2.42. The smallest absolute Gasteiger partial charge is 0.253 e. The fourth-order valence-electron chi connectivity index (χ4n) is 5.03. The highest BCUT2D eigenvalue weighted by Crippen LogP contribution is 2.32. The molecule has 4 rings (SSSR count). The lowest BCUT2D eigenvalue weighted by Crippen LogP contribution is -2.58. The molecule has 152 valence electrons. The van der Waals surface area contributed by atoms with Crippen molar-refractivity contribution in [2.24, 2.45) is 5.92 Å². The first-order valence-corrected chi connectivity index (χ1v) is 10.7. The molecule has 28 heavy (non-hydrogen) atoms. The van der Waals surface area contributed by atoms with Crippen LogP contribution in [0.5, 0.6) is 0 Å². The van der Waals surface area contributed by atoms with Crippen molar-refractivity contribution >= 4 is 11.8 Å². The second kappa shape index (κ2) is 8.60. The summed E-state index contributed by atoms with van der Waals surface area (Å²) >= 11 is 0. The predicted octanol–water partition coefficient (Wildman–Crippen LogP) is 2.76. The van der Waals surface area contributed by atoms with Crippen LogP contribution in [0, 0.1) is 11.7 Å². The minimum absolute atomic E-state index is 0.0244. The Hall–Kier alpha value is -1.95. The van der Waals surface area contributed by atoms with Crippen LogP contribution >= 0.6 is 0 Å². The van der Waals surface area contributed by atoms with Crippen LogP contribution in [-0.2, 0) is 4.79 Å². The van der Waals surface area contributed by atoms with Gasteiger partial charge in [-0.05, 0) is 55.9 Å². The summed E-state index contributed by atoms with van der Waals surface area (Å²) in [5.74, 6) is 0.374. The SMILES string of the molecule is O=C(c1ccc(F)cc1)N1CCN(C(C(=O)N2CCCC2)C2CCCC2)CC1. The lowest BCUT2D eigenvalue weighted by atomic mass is 9.94. The highest BCUT2D eigenvalue weighted by Gasteiger charge is 2.39. The number of nitrogens with zero attached hydrogens (tertiary/aromatic N) is 3. The summed E-state index contributed by atoms with van der Waals surface area (Å²) in [5.41, 5.74) is 0.523. The molecule has 0 bridgehead atoms. The van der Waals surface area contributed by atoms with Gasteiger partial charge < -0.3 is 9.80 Å². The van der Waals surface area contributed by atoms with Crippen molar-refractivity contribution in [3.05, 3.63) is 35.6 Å². The van der Waals surface area contributed by atoms with Crippen LogP contribution in [0.15, 0.2) is 24.3 Å². The summed E-state index contributed by atoms with van der Waals surface area (Å²) in [6, 6.07) is 5.72. The molecule has 0 aromatic heterocycles. The van der Waals surface area contributed by atoms with E-state index in [1.807, 2.05) is 4.90 Å². The highest BCUT2D eigenvalue weighted by atomic mass is 19.1. The molecule has 1 aliphatic carbocycles. The van der Waals surface area contributed by atoms with Gasteiger partial charge in [-0.1, -0.05) is 12.8 Å². The van der Waals surface area contributed by atoms with Gasteiger partial charge in [-0.15, -0.1) is 0 Å². The molecule has 0 N–H and O–H groups in total. The third-order valence-electron chi connectivity index (χ3n) is 6.60. The average Bonchev–Trinajstić information content (AvgIpc) is 3.43. The van der Waals surface area contributed by atoms with Crippen molar-refractivity contribution in [3.63, 3.8) is 0 Å². The van der Waals surface area contributed by atoms with E-state index in [9.17, 15) is 14.0 Å². The van der Waals surface area contributed by atoms with E-state index < -0.39 is 0 Å². The summed E-state index contributed by atoms with van der Waals surface area (Å²) in [6.07, 6.45) is 6.94. The average molecular weight is 387 g/mol. The number of halogens is 1. The molecule has 3 aliphatic rings. The number of rotatable bonds is 4. The number of amides is 2. The van der Waals surface area contributed by atoms with Crippen LogP contribution in [-0.4, -0.2) is 71.8 Å². The van der Waals surface area contributed by atoms with E-state index in [-0.39, 0.29) is 17.8 Å². The van der Waals surface area contributed by atoms with Gasteiger partial charge in [0.15, 0.2) is 0 Å². The molecule has 1 atom stereocenters. The first-order chi connectivity index (χ1) is 13.6. The van der Waals surface area contributed by atoms with E-state index in [2.05, 4.69) is 9.80 Å². The maximum atomic E-state index is 13.3. The van der Waals surface area contributed by atoms with Gasteiger partial charge >= 0.3 is 0 Å². The molecule has 2 aliphatic heterocycles. The van der Waals surface area contributed by atoms with Crippen molar-refractivity contribution in [1.29, 1.82) is 0 Å². The van der Waals surface area contributed by atoms with Gasteiger partial charge in [0.1, 0.15) is 5.82 Å². The number of carbonyl (C=O) groups is 2. The normalized spacial score (nSPS) is 22.6. The van der Waals surface area contributed by atoms with E-state index in [1.165, 1.54) is 25.0 Å². The summed E-state index contributed by atoms with van der Waals surface area (Å²) in [6.45, 7) is 4.48. The third-order valence-corrected chi connectivity index (χ3v) is 6.60. The van der Waals surface area contributed by atoms with Crippen LogP contribution in [0.4, 0.5) is 4.39 Å². The molecule has 1 unspecified atom stereocenters. The monoisotopic (exact) mass is 387 g/mol. The Morgan fingerprint density at radius 3 is 2.04 bits per heavy atom. The lowest BCUT2D eigenvalue weighted by molar-refractivity contribution is -0.138. The standard InChI is InChI=1S/C22H30FN3O2/c23-19-9-7-18(8-10-19)21(27)26-15-13-24(14-16-26)20(17-5-1-2-6-17)22(28)25-11-3-4-12-25/h7-10,17,20H,1-6,11-16H2. The Morgan fingerprint density at radius 1 is 0.821 bits per heavy atom. The fraction of sp³-hybridized carbons (Fsp3) is 0.636. The van der Waals surface area contributed by atoms with Gasteiger partial charge in [-0.2, -0.15) is 0 Å². The molecule has 2 heterocycles. The Labute approximate surface area is 166 Å². The Bertz CT molecular complexity index is 688. The summed E-state index contributed by atoms with van der Waals surface area (Å²) in [4.78, 5) is 32.2. The van der Waals surface area contributed by atoms with Crippen molar-refractivity contribution in [2.45, 2.75) is 44.6 Å². The highest BCUT2D eigenvalue weighted by molar-refractivity contribution is 5.94. The molecule has 3 fully saturated rings. The third kappa shape index (κ3) is 4.07. The number of hydrogen-bond donors (Lipinski definition) is 0. The van der Waals surface area contributed by atoms with Gasteiger partial charge in [0, 0.05) is 44.8 Å². The zero-order chi connectivity index (χ0) is 19.5. The van der Waals surface area contributed by atoms with Gasteiger partial charge in [-0.3, -0.25) is 14.5 Å². The largest absolute Gasteiger partial charge is 0.341 e. The van der Waals surface area contributed by atoms with Crippen molar-refractivity contribution in [2.75, 3.05) is 39.3 Å². The van der Waals surface area contributed by atoms with Crippen molar-refractivity contribution in [3.8, 4) is 0 Å². The van der Waals surface area contributed by atoms with Crippen LogP contribution < -0.4 is 0 Å². The molecular weight excluding hydrogens is 357 g/mol. The number of piperazine rings is 1. The molecule has 0 spiro atoms. The summed E-state index contributed by atoms with van der Waals surface area (Å²) in [5, 5.41) is 0. The minimum atomic E-state index is -0.332. The Kier molecular flexibility index (Phi) is 5.95. The van der Waals surface area contributed by atoms with Crippen LogP contribution in [0.2, 0.25) is 0 Å². The second-order valence-electron chi connectivity index (χ2n) is 8.36. The summed E-state index contributed by atoms with van der Waals surface area (Å²) < 4.78 is 13.1. The van der Waals surface area contributed by atoms with Crippen LogP contribution in [0.25, 0.3) is 0 Å². The molecule has 0 radical (unpaired) electrons. The maximum absolute atomic E-state index is 13.3. The maximum Gasteiger partial charge on any atom is 0.253 e. The molecule has 1 aromatic carbocycles. The number of benzene rings is 1. The molecular formula is C22H30FN3O2. The van der Waals surface area contributed by atoms with Crippen molar-refractivity contribution < 1.29 is 14.0 Å². The zero-order valence-electron chi connectivity index (χ0n) is 16.5. The summed E-state index contributed by atoms with van der Waals surface area (Å²) in [7, 11) is 0. The quantitative estimate of drug-likeness (QED) is 0.798. The molecule has 1 saturated carbocycles. The zero-order valence-corrected chi connectivity index (χ0v) is 16.5. The molecule has 5 nitrogen and oxygen atoms in total. The molecule has 1 aromatic rings. The van der Waals surface area contributed by atoms with Gasteiger partial charge in [0.05, 0.1) is 6.04 Å². The first kappa shape index (κ1) is 19.4. The number of hydrogen-bond acceptors (Lipinski definition) is 3. The molecule has 6 heteroatoms. The van der Waals surface area contributed by atoms with E-state index >= 15 is 0 Å².